The van der Waals surface area contributed by atoms with Crippen LogP contribution in [0.3, 0.4) is 0 Å². The monoisotopic (exact) mass is 305 g/mol. The van der Waals surface area contributed by atoms with Crippen LogP contribution in [0.4, 0.5) is 5.69 Å². The Kier molecular flexibility index (Phi) is 4.24. The molecule has 0 unspecified atom stereocenters. The highest BCUT2D eigenvalue weighted by molar-refractivity contribution is 5.65. The zero-order valence-electron chi connectivity index (χ0n) is 13.3. The number of anilines is 1. The van der Waals surface area contributed by atoms with Gasteiger partial charge in [-0.2, -0.15) is 0 Å². The number of hydrogen-bond acceptors (Lipinski definition) is 4. The van der Waals surface area contributed by atoms with Crippen LogP contribution in [0.5, 0.6) is 5.88 Å². The summed E-state index contributed by atoms with van der Waals surface area (Å²) in [7, 11) is 0. The molecule has 0 spiro atoms. The summed E-state index contributed by atoms with van der Waals surface area (Å²) < 4.78 is 5.92. The molecule has 0 atom stereocenters. The van der Waals surface area contributed by atoms with Crippen LogP contribution in [0.25, 0.3) is 11.3 Å². The first-order valence-corrected chi connectivity index (χ1v) is 7.49. The van der Waals surface area contributed by atoms with Gasteiger partial charge in [0.15, 0.2) is 0 Å². The lowest BCUT2D eigenvalue weighted by molar-refractivity contribution is 0.293. The minimum Gasteiger partial charge on any atom is -0.471 e. The Morgan fingerprint density at radius 3 is 2.43 bits per heavy atom. The Bertz CT molecular complexity index is 813. The quantitative estimate of drug-likeness (QED) is 0.742. The van der Waals surface area contributed by atoms with E-state index >= 15 is 0 Å². The van der Waals surface area contributed by atoms with Crippen LogP contribution in [0.15, 0.2) is 54.9 Å². The third-order valence-corrected chi connectivity index (χ3v) is 3.71. The third-order valence-electron chi connectivity index (χ3n) is 3.71. The first-order chi connectivity index (χ1) is 11.1. The van der Waals surface area contributed by atoms with Crippen LogP contribution in [-0.4, -0.2) is 9.97 Å². The fourth-order valence-corrected chi connectivity index (χ4v) is 2.42. The van der Waals surface area contributed by atoms with Gasteiger partial charge in [-0.25, -0.2) is 9.97 Å². The van der Waals surface area contributed by atoms with Crippen molar-refractivity contribution in [1.29, 1.82) is 0 Å². The molecule has 0 aliphatic rings. The van der Waals surface area contributed by atoms with E-state index in [1.54, 1.807) is 12.4 Å². The number of hydrogen-bond donors (Lipinski definition) is 1. The number of nitrogens with zero attached hydrogens (tertiary/aromatic N) is 2. The van der Waals surface area contributed by atoms with Gasteiger partial charge in [0, 0.05) is 23.6 Å². The molecule has 0 saturated heterocycles. The van der Waals surface area contributed by atoms with Crippen molar-refractivity contribution in [3.8, 4) is 17.1 Å². The molecule has 0 aliphatic carbocycles. The van der Waals surface area contributed by atoms with E-state index in [-0.39, 0.29) is 0 Å². The lowest BCUT2D eigenvalue weighted by atomic mass is 10.1. The van der Waals surface area contributed by atoms with E-state index in [1.165, 1.54) is 11.1 Å². The molecule has 1 aromatic heterocycles. The molecule has 0 aliphatic heterocycles. The molecule has 4 nitrogen and oxygen atoms in total. The van der Waals surface area contributed by atoms with Crippen LogP contribution < -0.4 is 10.5 Å². The standard InChI is InChI=1S/C19H19N3O/c1-13-3-4-16(14(2)11-13)12-23-19-18(21-9-10-22-19)15-5-7-17(20)8-6-15/h3-11H,12,20H2,1-2H3. The highest BCUT2D eigenvalue weighted by atomic mass is 16.5. The zero-order valence-corrected chi connectivity index (χ0v) is 13.3. The second-order valence-electron chi connectivity index (χ2n) is 5.55. The Balaban J connectivity index is 1.84. The average Bonchev–Trinajstić information content (AvgIpc) is 2.55. The Hall–Kier alpha value is -2.88. The summed E-state index contributed by atoms with van der Waals surface area (Å²) in [4.78, 5) is 8.72. The van der Waals surface area contributed by atoms with Crippen LogP contribution in [0.2, 0.25) is 0 Å². The molecule has 0 fully saturated rings. The van der Waals surface area contributed by atoms with Crippen molar-refractivity contribution in [3.63, 3.8) is 0 Å². The molecule has 0 radical (unpaired) electrons. The SMILES string of the molecule is Cc1ccc(COc2nccnc2-c2ccc(N)cc2)c(C)c1. The molecule has 23 heavy (non-hydrogen) atoms. The summed E-state index contributed by atoms with van der Waals surface area (Å²) in [5, 5.41) is 0. The van der Waals surface area contributed by atoms with Gasteiger partial charge >= 0.3 is 0 Å². The van der Waals surface area contributed by atoms with Gasteiger partial charge in [-0.3, -0.25) is 0 Å². The molecular formula is C19H19N3O. The van der Waals surface area contributed by atoms with Crippen molar-refractivity contribution in [2.24, 2.45) is 0 Å². The molecular weight excluding hydrogens is 286 g/mol. The molecule has 3 rings (SSSR count). The molecule has 0 amide bonds. The van der Waals surface area contributed by atoms with Gasteiger partial charge < -0.3 is 10.5 Å². The Morgan fingerprint density at radius 2 is 1.70 bits per heavy atom. The molecule has 3 aromatic rings. The third kappa shape index (κ3) is 3.48. The molecule has 0 bridgehead atoms. The van der Waals surface area contributed by atoms with Crippen molar-refractivity contribution in [2.75, 3.05) is 5.73 Å². The Morgan fingerprint density at radius 1 is 0.957 bits per heavy atom. The van der Waals surface area contributed by atoms with Crippen molar-refractivity contribution >= 4 is 5.69 Å². The van der Waals surface area contributed by atoms with Crippen LogP contribution in [-0.2, 0) is 6.61 Å². The fourth-order valence-electron chi connectivity index (χ4n) is 2.42. The maximum absolute atomic E-state index is 5.92. The van der Waals surface area contributed by atoms with Gasteiger partial charge in [0.1, 0.15) is 12.3 Å². The maximum Gasteiger partial charge on any atom is 0.240 e. The highest BCUT2D eigenvalue weighted by Crippen LogP contribution is 2.27. The van der Waals surface area contributed by atoms with Crippen molar-refractivity contribution in [3.05, 3.63) is 71.5 Å². The van der Waals surface area contributed by atoms with Crippen molar-refractivity contribution in [2.45, 2.75) is 20.5 Å². The fraction of sp³-hybridized carbons (Fsp3) is 0.158. The zero-order chi connectivity index (χ0) is 16.2. The van der Waals surface area contributed by atoms with Gasteiger partial charge in [-0.1, -0.05) is 35.9 Å². The number of nitrogens with two attached hydrogens (primary N) is 1. The van der Waals surface area contributed by atoms with E-state index in [4.69, 9.17) is 10.5 Å². The molecule has 2 aromatic carbocycles. The predicted molar refractivity (Wildman–Crippen MR) is 92.1 cm³/mol. The van der Waals surface area contributed by atoms with Gasteiger partial charge in [-0.05, 0) is 37.1 Å². The number of rotatable bonds is 4. The van der Waals surface area contributed by atoms with Crippen LogP contribution in [0.1, 0.15) is 16.7 Å². The lowest BCUT2D eigenvalue weighted by Crippen LogP contribution is -2.02. The highest BCUT2D eigenvalue weighted by Gasteiger charge is 2.10. The summed E-state index contributed by atoms with van der Waals surface area (Å²) in [6.45, 7) is 4.63. The van der Waals surface area contributed by atoms with E-state index in [0.29, 0.717) is 12.5 Å². The summed E-state index contributed by atoms with van der Waals surface area (Å²) in [6.07, 6.45) is 3.30. The van der Waals surface area contributed by atoms with Gasteiger partial charge in [0.2, 0.25) is 5.88 Å². The lowest BCUT2D eigenvalue weighted by Gasteiger charge is -2.11. The normalized spacial score (nSPS) is 10.5. The molecule has 0 saturated carbocycles. The summed E-state index contributed by atoms with van der Waals surface area (Å²) in [6, 6.07) is 13.9. The van der Waals surface area contributed by atoms with Crippen LogP contribution >= 0.6 is 0 Å². The maximum atomic E-state index is 5.92. The van der Waals surface area contributed by atoms with Gasteiger partial charge in [0.25, 0.3) is 0 Å². The molecule has 2 N–H and O–H groups in total. The van der Waals surface area contributed by atoms with Crippen molar-refractivity contribution in [1.82, 2.24) is 9.97 Å². The van der Waals surface area contributed by atoms with E-state index in [2.05, 4.69) is 42.0 Å². The topological polar surface area (TPSA) is 61.0 Å². The van der Waals surface area contributed by atoms with Crippen molar-refractivity contribution < 1.29 is 4.74 Å². The van der Waals surface area contributed by atoms with E-state index < -0.39 is 0 Å². The molecule has 1 heterocycles. The number of nitrogen functional groups attached to an aromatic ring is 1. The minimum atomic E-state index is 0.465. The smallest absolute Gasteiger partial charge is 0.240 e. The van der Waals surface area contributed by atoms with E-state index in [1.807, 2.05) is 24.3 Å². The second kappa shape index (κ2) is 6.48. The minimum absolute atomic E-state index is 0.465. The number of aromatic nitrogens is 2. The number of benzene rings is 2. The molecule has 116 valence electrons. The van der Waals surface area contributed by atoms with E-state index in [9.17, 15) is 0 Å². The van der Waals surface area contributed by atoms with Gasteiger partial charge in [0.05, 0.1) is 0 Å². The number of ether oxygens (including phenoxy) is 1. The predicted octanol–water partition coefficient (Wildman–Crippen LogP) is 3.92. The average molecular weight is 305 g/mol. The summed E-state index contributed by atoms with van der Waals surface area (Å²) in [5.41, 5.74) is 11.7. The summed E-state index contributed by atoms with van der Waals surface area (Å²) in [5.74, 6) is 0.525. The van der Waals surface area contributed by atoms with E-state index in [0.717, 1.165) is 22.5 Å². The largest absolute Gasteiger partial charge is 0.471 e. The van der Waals surface area contributed by atoms with Crippen LogP contribution in [0, 0.1) is 13.8 Å². The first kappa shape index (κ1) is 15.0. The Labute approximate surface area is 136 Å². The van der Waals surface area contributed by atoms with Gasteiger partial charge in [-0.15, -0.1) is 0 Å². The second-order valence-corrected chi connectivity index (χ2v) is 5.55. The summed E-state index contributed by atoms with van der Waals surface area (Å²) >= 11 is 0. The molecule has 4 heteroatoms. The first-order valence-electron chi connectivity index (χ1n) is 7.49. The number of aryl methyl sites for hydroxylation is 2.